The molecule has 2 saturated heterocycles. The minimum absolute atomic E-state index is 0.177. The molecule has 6 aromatic carbocycles. The Labute approximate surface area is 413 Å². The summed E-state index contributed by atoms with van der Waals surface area (Å²) in [5.41, 5.74) is 6.31. The molecule has 0 bridgehead atoms. The number of piperidine rings is 2. The number of carbonyl (C=O) groups is 4. The summed E-state index contributed by atoms with van der Waals surface area (Å²) in [5, 5.41) is 5.79. The van der Waals surface area contributed by atoms with E-state index in [2.05, 4.69) is 41.2 Å². The number of nitrogens with one attached hydrogen (secondary N) is 2. The Hall–Kier alpha value is -7.28. The molecule has 0 saturated carbocycles. The summed E-state index contributed by atoms with van der Waals surface area (Å²) in [6, 6.07) is 48.9. The van der Waals surface area contributed by atoms with Gasteiger partial charge < -0.3 is 25.0 Å². The van der Waals surface area contributed by atoms with Crippen molar-refractivity contribution in [2.75, 3.05) is 54.2 Å². The molecule has 12 nitrogen and oxygen atoms in total. The zero-order valence-electron chi connectivity index (χ0n) is 41.1. The monoisotopic (exact) mass is 943 g/mol. The Kier molecular flexibility index (Phi) is 18.0. The summed E-state index contributed by atoms with van der Waals surface area (Å²) >= 11 is 0. The van der Waals surface area contributed by atoms with Gasteiger partial charge in [-0.25, -0.2) is 9.59 Å². The highest BCUT2D eigenvalue weighted by Crippen LogP contribution is 2.29. The van der Waals surface area contributed by atoms with Gasteiger partial charge in [-0.15, -0.1) is 0 Å². The molecule has 0 spiro atoms. The summed E-state index contributed by atoms with van der Waals surface area (Å²) in [4.78, 5) is 58.3. The van der Waals surface area contributed by atoms with Gasteiger partial charge in [-0.2, -0.15) is 0 Å². The van der Waals surface area contributed by atoms with Gasteiger partial charge in [-0.05, 0) is 161 Å². The van der Waals surface area contributed by atoms with Crippen LogP contribution in [0.3, 0.4) is 0 Å². The molecular weight excluding hydrogens is 877 g/mol. The highest BCUT2D eigenvalue weighted by atomic mass is 16.6. The van der Waals surface area contributed by atoms with E-state index in [1.807, 2.05) is 109 Å². The predicted molar refractivity (Wildman–Crippen MR) is 280 cm³/mol. The molecule has 2 aliphatic heterocycles. The standard InChI is InChI=1S/C30H35N3O3.C28H31N3O3/c1-21-18-22(2)33(23(3)19-21)20-24-10-12-25(13-11-24)29(34)31-26-14-16-28(17-15-26)36-30(35)32(4)27-8-6-5-7-9-27;1-30(25-10-4-2-5-11-25)28(33)34-26-12-8-9-24(21-26)29-27(32)23-15-13-22(14-16-23)17-20-31-18-6-3-7-19-31/h5-17,21-23H,18-20H2,1-4H3,(H,31,34);2,4-5,8-16,21H,3,6-7,17-20H2,1H3,(H,29,32). The minimum Gasteiger partial charge on any atom is -0.410 e. The van der Waals surface area contributed by atoms with Crippen molar-refractivity contribution in [3.8, 4) is 11.5 Å². The van der Waals surface area contributed by atoms with Crippen LogP contribution in [-0.4, -0.2) is 79.6 Å². The molecule has 0 aromatic heterocycles. The Morgan fingerprint density at radius 3 is 1.59 bits per heavy atom. The van der Waals surface area contributed by atoms with Crippen LogP contribution in [0.2, 0.25) is 0 Å². The molecule has 4 amide bonds. The molecule has 6 aromatic rings. The molecule has 2 unspecified atom stereocenters. The van der Waals surface area contributed by atoms with E-state index in [0.717, 1.165) is 36.8 Å². The number of rotatable bonds is 13. The van der Waals surface area contributed by atoms with Gasteiger partial charge in [0.05, 0.1) is 0 Å². The van der Waals surface area contributed by atoms with Crippen LogP contribution in [0, 0.1) is 5.92 Å². The first kappa shape index (κ1) is 50.6. The van der Waals surface area contributed by atoms with E-state index in [1.54, 1.807) is 62.6 Å². The number of carbonyl (C=O) groups excluding carboxylic acids is 4. The van der Waals surface area contributed by atoms with E-state index in [0.29, 0.717) is 46.1 Å². The van der Waals surface area contributed by atoms with Crippen molar-refractivity contribution in [1.82, 2.24) is 9.80 Å². The molecule has 2 atom stereocenters. The zero-order chi connectivity index (χ0) is 49.4. The van der Waals surface area contributed by atoms with E-state index in [-0.39, 0.29) is 11.8 Å². The smallest absolute Gasteiger partial charge is 0.410 e. The summed E-state index contributed by atoms with van der Waals surface area (Å²) in [6.07, 6.45) is 6.39. The van der Waals surface area contributed by atoms with Crippen molar-refractivity contribution in [2.24, 2.45) is 5.92 Å². The van der Waals surface area contributed by atoms with E-state index >= 15 is 0 Å². The summed E-state index contributed by atoms with van der Waals surface area (Å²) in [7, 11) is 3.31. The molecule has 364 valence electrons. The number of likely N-dealkylation sites (tertiary alicyclic amines) is 2. The average molecular weight is 943 g/mol. The van der Waals surface area contributed by atoms with E-state index < -0.39 is 12.2 Å². The summed E-state index contributed by atoms with van der Waals surface area (Å²) in [5.74, 6) is 1.16. The van der Waals surface area contributed by atoms with Crippen LogP contribution in [0.25, 0.3) is 0 Å². The molecule has 0 aliphatic carbocycles. The number of nitrogens with zero attached hydrogens (tertiary/aromatic N) is 4. The van der Waals surface area contributed by atoms with Gasteiger partial charge in [-0.1, -0.05) is 80.1 Å². The maximum Gasteiger partial charge on any atom is 0.419 e. The van der Waals surface area contributed by atoms with Crippen LogP contribution in [0.5, 0.6) is 11.5 Å². The van der Waals surface area contributed by atoms with Crippen molar-refractivity contribution in [3.63, 3.8) is 0 Å². The van der Waals surface area contributed by atoms with Crippen LogP contribution in [0.1, 0.15) is 84.7 Å². The molecule has 2 heterocycles. The van der Waals surface area contributed by atoms with E-state index in [4.69, 9.17) is 9.47 Å². The van der Waals surface area contributed by atoms with E-state index in [1.165, 1.54) is 66.1 Å². The first-order valence-corrected chi connectivity index (χ1v) is 24.4. The van der Waals surface area contributed by atoms with Crippen LogP contribution < -0.4 is 29.9 Å². The third kappa shape index (κ3) is 14.6. The lowest BCUT2D eigenvalue weighted by Gasteiger charge is -2.41. The van der Waals surface area contributed by atoms with E-state index in [9.17, 15) is 19.2 Å². The second kappa shape index (κ2) is 24.8. The Bertz CT molecular complexity index is 2610. The lowest BCUT2D eigenvalue weighted by molar-refractivity contribution is 0.0681. The number of anilines is 4. The molecule has 2 aliphatic rings. The van der Waals surface area contributed by atoms with Crippen molar-refractivity contribution >= 4 is 46.8 Å². The summed E-state index contributed by atoms with van der Waals surface area (Å²) < 4.78 is 10.9. The van der Waals surface area contributed by atoms with Crippen molar-refractivity contribution in [3.05, 3.63) is 180 Å². The van der Waals surface area contributed by atoms with Gasteiger partial charge in [0.25, 0.3) is 11.8 Å². The Morgan fingerprint density at radius 2 is 1.04 bits per heavy atom. The number of hydrogen-bond donors (Lipinski definition) is 2. The second-order valence-electron chi connectivity index (χ2n) is 18.5. The van der Waals surface area contributed by atoms with Crippen LogP contribution >= 0.6 is 0 Å². The van der Waals surface area contributed by atoms with Crippen LogP contribution in [0.15, 0.2) is 158 Å². The maximum atomic E-state index is 12.8. The van der Waals surface area contributed by atoms with Crippen molar-refractivity contribution in [1.29, 1.82) is 0 Å². The topological polar surface area (TPSA) is 124 Å². The SMILES string of the molecule is CC1CC(C)N(Cc2ccc(C(=O)Nc3ccc(OC(=O)N(C)c4ccccc4)cc3)cc2)C(C)C1.CN(C(=O)Oc1cccc(NC(=O)c2ccc(CCN3CCCCC3)cc2)c1)c1ccccc1. The highest BCUT2D eigenvalue weighted by Gasteiger charge is 2.28. The lowest BCUT2D eigenvalue weighted by Crippen LogP contribution is -2.45. The summed E-state index contributed by atoms with van der Waals surface area (Å²) in [6.45, 7) is 11.3. The Morgan fingerprint density at radius 1 is 0.543 bits per heavy atom. The predicted octanol–water partition coefficient (Wildman–Crippen LogP) is 12.2. The second-order valence-corrected chi connectivity index (χ2v) is 18.5. The lowest BCUT2D eigenvalue weighted by atomic mass is 9.88. The molecule has 70 heavy (non-hydrogen) atoms. The quantitative estimate of drug-likeness (QED) is 0.117. The fraction of sp³-hybridized carbons (Fsp3) is 0.310. The largest absolute Gasteiger partial charge is 0.419 e. The Balaban J connectivity index is 0.000000207. The molecule has 0 radical (unpaired) electrons. The van der Waals surface area contributed by atoms with Gasteiger partial charge >= 0.3 is 12.2 Å². The van der Waals surface area contributed by atoms with Crippen LogP contribution in [0.4, 0.5) is 32.3 Å². The number of ether oxygens (including phenoxy) is 2. The minimum atomic E-state index is -0.505. The first-order chi connectivity index (χ1) is 33.9. The van der Waals surface area contributed by atoms with Gasteiger partial charge in [0.15, 0.2) is 0 Å². The van der Waals surface area contributed by atoms with Gasteiger partial charge in [0, 0.05) is 79.2 Å². The third-order valence-corrected chi connectivity index (χ3v) is 13.0. The number of amides is 4. The van der Waals surface area contributed by atoms with Crippen LogP contribution in [-0.2, 0) is 13.0 Å². The molecule has 2 fully saturated rings. The van der Waals surface area contributed by atoms with Gasteiger partial charge in [0.2, 0.25) is 0 Å². The fourth-order valence-corrected chi connectivity index (χ4v) is 9.05. The van der Waals surface area contributed by atoms with Gasteiger partial charge in [0.1, 0.15) is 11.5 Å². The fourth-order valence-electron chi connectivity index (χ4n) is 9.05. The van der Waals surface area contributed by atoms with Crippen molar-refractivity contribution in [2.45, 2.75) is 77.9 Å². The van der Waals surface area contributed by atoms with Gasteiger partial charge in [-0.3, -0.25) is 24.3 Å². The first-order valence-electron chi connectivity index (χ1n) is 24.4. The number of hydrogen-bond acceptors (Lipinski definition) is 8. The zero-order valence-corrected chi connectivity index (χ0v) is 41.1. The molecular formula is C58H66N6O6. The normalized spacial score (nSPS) is 17.0. The molecule has 2 N–H and O–H groups in total. The maximum absolute atomic E-state index is 12.8. The third-order valence-electron chi connectivity index (χ3n) is 13.0. The number of para-hydroxylation sites is 2. The molecule has 8 rings (SSSR count). The number of benzene rings is 6. The van der Waals surface area contributed by atoms with Crippen molar-refractivity contribution < 1.29 is 28.7 Å². The average Bonchev–Trinajstić information content (AvgIpc) is 3.38. The molecule has 12 heteroatoms. The highest BCUT2D eigenvalue weighted by molar-refractivity contribution is 6.05.